The number of hydrogen-bond donors (Lipinski definition) is 2. The zero-order chi connectivity index (χ0) is 20.0. The Morgan fingerprint density at radius 2 is 1.71 bits per heavy atom. The predicted molar refractivity (Wildman–Crippen MR) is 109 cm³/mol. The molecule has 2 N–H and O–H groups in total. The Bertz CT molecular complexity index is 583. The molecule has 0 spiro atoms. The standard InChI is InChI=1S/C19H30N2O5S.Ca/c1-12(17(23)21-10-6-9-15(21)18(24)25)11-27-19(26)13(2)20-16(22)14-7-4-3-5-8-14;/h12-15H,3-11H2,1-2H3,(H,20,22)(H,24,25);/t12-,13-,15+;/m1./s1. The number of rotatable bonds is 7. The van der Waals surface area contributed by atoms with Crippen LogP contribution < -0.4 is 5.32 Å². The molecule has 1 aliphatic heterocycles. The molecule has 0 aromatic heterocycles. The summed E-state index contributed by atoms with van der Waals surface area (Å²) in [6.07, 6.45) is 6.21. The molecule has 2 fully saturated rings. The second-order valence-electron chi connectivity index (χ2n) is 7.62. The number of carbonyl (C=O) groups excluding carboxylic acids is 3. The van der Waals surface area contributed by atoms with Crippen LogP contribution in [0.4, 0.5) is 0 Å². The van der Waals surface area contributed by atoms with E-state index in [2.05, 4.69) is 5.32 Å². The maximum absolute atomic E-state index is 12.5. The van der Waals surface area contributed by atoms with Crippen LogP contribution in [0.15, 0.2) is 0 Å². The summed E-state index contributed by atoms with van der Waals surface area (Å²) < 4.78 is 0. The fraction of sp³-hybridized carbons (Fsp3) is 0.789. The second kappa shape index (κ2) is 12.4. The quantitative estimate of drug-likeness (QED) is 0.586. The van der Waals surface area contributed by atoms with Gasteiger partial charge in [-0.05, 0) is 32.6 Å². The van der Waals surface area contributed by atoms with Gasteiger partial charge in [0.2, 0.25) is 16.9 Å². The van der Waals surface area contributed by atoms with Gasteiger partial charge in [-0.15, -0.1) is 0 Å². The van der Waals surface area contributed by atoms with Gasteiger partial charge in [0.1, 0.15) is 6.04 Å². The fourth-order valence-electron chi connectivity index (χ4n) is 3.73. The zero-order valence-electron chi connectivity index (χ0n) is 16.8. The Hall–Kier alpha value is -0.310. The molecule has 0 aromatic rings. The molecule has 9 heteroatoms. The molecule has 1 saturated heterocycles. The number of nitrogens with zero attached hydrogens (tertiary/aromatic N) is 1. The first-order valence-corrected chi connectivity index (χ1v) is 10.8. The molecule has 0 aromatic carbocycles. The summed E-state index contributed by atoms with van der Waals surface area (Å²) in [6, 6.07) is -1.35. The van der Waals surface area contributed by atoms with Crippen molar-refractivity contribution in [3.05, 3.63) is 0 Å². The number of aliphatic carboxylic acids is 1. The summed E-state index contributed by atoms with van der Waals surface area (Å²) in [5.74, 6) is -1.41. The van der Waals surface area contributed by atoms with Gasteiger partial charge < -0.3 is 15.3 Å². The molecule has 0 bridgehead atoms. The molecular formula is C19H30CaN2O5S. The van der Waals surface area contributed by atoms with Crippen LogP contribution in [0.3, 0.4) is 0 Å². The molecule has 3 atom stereocenters. The summed E-state index contributed by atoms with van der Waals surface area (Å²) >= 11 is 1.03. The molecular weight excluding hydrogens is 408 g/mol. The largest absolute Gasteiger partial charge is 0.480 e. The molecule has 1 heterocycles. The van der Waals surface area contributed by atoms with Gasteiger partial charge in [0.15, 0.2) is 0 Å². The van der Waals surface area contributed by atoms with Crippen LogP contribution in [0, 0.1) is 11.8 Å². The summed E-state index contributed by atoms with van der Waals surface area (Å²) in [4.78, 5) is 49.7. The third-order valence-corrected chi connectivity index (χ3v) is 6.71. The minimum absolute atomic E-state index is 0. The first kappa shape index (κ1) is 25.7. The van der Waals surface area contributed by atoms with Crippen molar-refractivity contribution >= 4 is 72.4 Å². The minimum atomic E-state index is -0.976. The molecule has 1 saturated carbocycles. The number of carboxylic acid groups (broad SMARTS) is 1. The van der Waals surface area contributed by atoms with Crippen molar-refractivity contribution in [3.8, 4) is 0 Å². The summed E-state index contributed by atoms with van der Waals surface area (Å²) in [5.41, 5.74) is 0. The first-order valence-electron chi connectivity index (χ1n) is 9.81. The van der Waals surface area contributed by atoms with Crippen LogP contribution in [0.2, 0.25) is 0 Å². The summed E-state index contributed by atoms with van der Waals surface area (Å²) in [5, 5.41) is 11.8. The van der Waals surface area contributed by atoms with E-state index in [-0.39, 0.29) is 66.3 Å². The Labute approximate surface area is 200 Å². The van der Waals surface area contributed by atoms with E-state index in [1.807, 2.05) is 0 Å². The molecule has 2 radical (unpaired) electrons. The van der Waals surface area contributed by atoms with E-state index in [9.17, 15) is 24.3 Å². The second-order valence-corrected chi connectivity index (χ2v) is 8.65. The maximum atomic E-state index is 12.5. The van der Waals surface area contributed by atoms with E-state index in [4.69, 9.17) is 0 Å². The van der Waals surface area contributed by atoms with Gasteiger partial charge in [-0.3, -0.25) is 14.4 Å². The SMILES string of the molecule is C[C@H](CSC(=O)[C@@H](C)NC(=O)C1CCCCC1)C(=O)N1CCC[C@H]1C(=O)O.[Ca]. The van der Waals surface area contributed by atoms with Crippen LogP contribution >= 0.6 is 11.8 Å². The number of carbonyl (C=O) groups is 4. The van der Waals surface area contributed by atoms with Crippen molar-refractivity contribution in [1.82, 2.24) is 10.2 Å². The summed E-state index contributed by atoms with van der Waals surface area (Å²) in [7, 11) is 0. The van der Waals surface area contributed by atoms with Crippen molar-refractivity contribution < 1.29 is 24.3 Å². The van der Waals surface area contributed by atoms with Crippen molar-refractivity contribution in [2.45, 2.75) is 70.9 Å². The Morgan fingerprint density at radius 3 is 2.32 bits per heavy atom. The van der Waals surface area contributed by atoms with Crippen LogP contribution in [-0.2, 0) is 19.2 Å². The monoisotopic (exact) mass is 438 g/mol. The third-order valence-electron chi connectivity index (χ3n) is 5.41. The zero-order valence-corrected chi connectivity index (χ0v) is 19.8. The van der Waals surface area contributed by atoms with Gasteiger partial charge in [-0.2, -0.15) is 0 Å². The van der Waals surface area contributed by atoms with Crippen molar-refractivity contribution in [1.29, 1.82) is 0 Å². The van der Waals surface area contributed by atoms with E-state index >= 15 is 0 Å². The van der Waals surface area contributed by atoms with E-state index in [1.54, 1.807) is 13.8 Å². The molecule has 1 aliphatic carbocycles. The maximum Gasteiger partial charge on any atom is 0.326 e. The van der Waals surface area contributed by atoms with Gasteiger partial charge in [0, 0.05) is 61.9 Å². The summed E-state index contributed by atoms with van der Waals surface area (Å²) in [6.45, 7) is 3.83. The normalized spacial score (nSPS) is 22.1. The molecule has 28 heavy (non-hydrogen) atoms. The smallest absolute Gasteiger partial charge is 0.326 e. The van der Waals surface area contributed by atoms with E-state index < -0.39 is 24.0 Å². The fourth-order valence-corrected chi connectivity index (χ4v) is 4.59. The molecule has 154 valence electrons. The molecule has 7 nitrogen and oxygen atoms in total. The van der Waals surface area contributed by atoms with Gasteiger partial charge in [-0.25, -0.2) is 4.79 Å². The van der Waals surface area contributed by atoms with E-state index in [0.717, 1.165) is 37.4 Å². The van der Waals surface area contributed by atoms with Gasteiger partial charge in [-0.1, -0.05) is 37.9 Å². The average Bonchev–Trinajstić information content (AvgIpc) is 3.15. The molecule has 0 unspecified atom stereocenters. The number of thioether (sulfide) groups is 1. The number of amides is 2. The Morgan fingerprint density at radius 1 is 1.07 bits per heavy atom. The first-order chi connectivity index (χ1) is 12.8. The Kier molecular flexibility index (Phi) is 11.4. The van der Waals surface area contributed by atoms with E-state index in [0.29, 0.717) is 19.4 Å². The predicted octanol–water partition coefficient (Wildman–Crippen LogP) is 1.66. The molecule has 2 aliphatic rings. The number of likely N-dealkylation sites (tertiary alicyclic amines) is 1. The van der Waals surface area contributed by atoms with Crippen molar-refractivity contribution in [2.24, 2.45) is 11.8 Å². The third kappa shape index (κ3) is 7.18. The van der Waals surface area contributed by atoms with Crippen LogP contribution in [0.1, 0.15) is 58.8 Å². The van der Waals surface area contributed by atoms with E-state index in [1.165, 1.54) is 11.3 Å². The molecule has 2 amide bonds. The topological polar surface area (TPSA) is 104 Å². The van der Waals surface area contributed by atoms with Crippen molar-refractivity contribution in [3.63, 3.8) is 0 Å². The Balaban J connectivity index is 0.00000392. The average molecular weight is 439 g/mol. The van der Waals surface area contributed by atoms with Gasteiger partial charge >= 0.3 is 5.97 Å². The van der Waals surface area contributed by atoms with Crippen molar-refractivity contribution in [2.75, 3.05) is 12.3 Å². The van der Waals surface area contributed by atoms with Crippen LogP contribution in [-0.4, -0.2) is 95.0 Å². The van der Waals surface area contributed by atoms with Gasteiger partial charge in [0.25, 0.3) is 0 Å². The number of nitrogens with one attached hydrogen (secondary N) is 1. The number of hydrogen-bond acceptors (Lipinski definition) is 5. The molecule has 2 rings (SSSR count). The van der Waals surface area contributed by atoms with Crippen LogP contribution in [0.25, 0.3) is 0 Å². The number of carboxylic acids is 1. The van der Waals surface area contributed by atoms with Crippen LogP contribution in [0.5, 0.6) is 0 Å². The van der Waals surface area contributed by atoms with Gasteiger partial charge in [0.05, 0.1) is 6.04 Å². The minimum Gasteiger partial charge on any atom is -0.480 e.